The number of nitrogens with zero attached hydrogens (tertiary/aromatic N) is 3. The Morgan fingerprint density at radius 2 is 1.97 bits per heavy atom. The standard InChI is InChI=1S/C24H29N5O2/c1-16(2)27-23(30)18-9-6-10-21(12-18)28-24(31)20-11-19-14-26-29(22(19)25-13-20)15-17-7-4-3-5-8-17/h3-5,7-8,11,13-14,16,18,21H,6,9-10,12,15H2,1-2H3,(H,27,30)(H,28,31). The second kappa shape index (κ2) is 9.29. The Bertz CT molecular complexity index is 1060. The van der Waals surface area contributed by atoms with Crippen molar-refractivity contribution in [2.24, 2.45) is 5.92 Å². The van der Waals surface area contributed by atoms with E-state index in [1.54, 1.807) is 12.4 Å². The van der Waals surface area contributed by atoms with Gasteiger partial charge in [-0.3, -0.25) is 9.59 Å². The summed E-state index contributed by atoms with van der Waals surface area (Å²) in [4.78, 5) is 29.7. The number of carbonyl (C=O) groups excluding carboxylic acids is 2. The minimum Gasteiger partial charge on any atom is -0.354 e. The average Bonchev–Trinajstić information content (AvgIpc) is 3.16. The van der Waals surface area contributed by atoms with Crippen LogP contribution in [0.1, 0.15) is 55.5 Å². The van der Waals surface area contributed by atoms with E-state index in [2.05, 4.69) is 20.7 Å². The van der Waals surface area contributed by atoms with Gasteiger partial charge in [0.15, 0.2) is 5.65 Å². The maximum absolute atomic E-state index is 12.8. The largest absolute Gasteiger partial charge is 0.354 e. The Labute approximate surface area is 182 Å². The summed E-state index contributed by atoms with van der Waals surface area (Å²) in [5.74, 6) is -0.110. The third kappa shape index (κ3) is 5.10. The maximum Gasteiger partial charge on any atom is 0.253 e. The van der Waals surface area contributed by atoms with Gasteiger partial charge in [0.25, 0.3) is 5.91 Å². The maximum atomic E-state index is 12.8. The third-order valence-electron chi connectivity index (χ3n) is 5.72. The number of amides is 2. The van der Waals surface area contributed by atoms with Crippen LogP contribution in [-0.2, 0) is 11.3 Å². The van der Waals surface area contributed by atoms with Crippen LogP contribution in [-0.4, -0.2) is 38.7 Å². The van der Waals surface area contributed by atoms with Crippen molar-refractivity contribution in [3.8, 4) is 0 Å². The molecule has 2 unspecified atom stereocenters. The molecule has 4 rings (SSSR count). The van der Waals surface area contributed by atoms with Gasteiger partial charge in [-0.15, -0.1) is 0 Å². The van der Waals surface area contributed by atoms with Gasteiger partial charge >= 0.3 is 0 Å². The molecule has 1 aliphatic rings. The highest BCUT2D eigenvalue weighted by atomic mass is 16.2. The van der Waals surface area contributed by atoms with Crippen molar-refractivity contribution in [3.63, 3.8) is 0 Å². The molecule has 2 amide bonds. The van der Waals surface area contributed by atoms with E-state index in [0.717, 1.165) is 35.9 Å². The molecule has 7 heteroatoms. The monoisotopic (exact) mass is 419 g/mol. The van der Waals surface area contributed by atoms with Crippen molar-refractivity contribution in [2.75, 3.05) is 0 Å². The Morgan fingerprint density at radius 3 is 2.74 bits per heavy atom. The first-order chi connectivity index (χ1) is 15.0. The van der Waals surface area contributed by atoms with Gasteiger partial charge in [-0.25, -0.2) is 9.67 Å². The number of hydrogen-bond donors (Lipinski definition) is 2. The number of nitrogens with one attached hydrogen (secondary N) is 2. The summed E-state index contributed by atoms with van der Waals surface area (Å²) in [6, 6.07) is 12.0. The third-order valence-corrected chi connectivity index (χ3v) is 5.72. The fourth-order valence-electron chi connectivity index (χ4n) is 4.20. The van der Waals surface area contributed by atoms with Gasteiger partial charge in [0.2, 0.25) is 5.91 Å². The lowest BCUT2D eigenvalue weighted by Crippen LogP contribution is -2.43. The molecule has 0 bridgehead atoms. The molecule has 0 saturated heterocycles. The Kier molecular flexibility index (Phi) is 6.30. The highest BCUT2D eigenvalue weighted by molar-refractivity contribution is 5.97. The zero-order valence-corrected chi connectivity index (χ0v) is 18.0. The van der Waals surface area contributed by atoms with Crippen LogP contribution in [0.25, 0.3) is 11.0 Å². The number of hydrogen-bond acceptors (Lipinski definition) is 4. The smallest absolute Gasteiger partial charge is 0.253 e. The second-order valence-corrected chi connectivity index (χ2v) is 8.62. The van der Waals surface area contributed by atoms with E-state index in [0.29, 0.717) is 18.5 Å². The predicted molar refractivity (Wildman–Crippen MR) is 120 cm³/mol. The molecule has 0 radical (unpaired) electrons. The van der Waals surface area contributed by atoms with Crippen molar-refractivity contribution in [1.82, 2.24) is 25.4 Å². The Morgan fingerprint density at radius 1 is 1.16 bits per heavy atom. The summed E-state index contributed by atoms with van der Waals surface area (Å²) in [5, 5.41) is 11.4. The molecule has 162 valence electrons. The van der Waals surface area contributed by atoms with E-state index >= 15 is 0 Å². The summed E-state index contributed by atoms with van der Waals surface area (Å²) in [7, 11) is 0. The summed E-state index contributed by atoms with van der Waals surface area (Å²) in [5.41, 5.74) is 2.41. The molecule has 1 saturated carbocycles. The van der Waals surface area contributed by atoms with Crippen molar-refractivity contribution in [1.29, 1.82) is 0 Å². The lowest BCUT2D eigenvalue weighted by atomic mass is 9.85. The number of aromatic nitrogens is 3. The van der Waals surface area contributed by atoms with Crippen molar-refractivity contribution in [3.05, 3.63) is 59.9 Å². The molecule has 3 aromatic rings. The minimum atomic E-state index is -0.153. The Balaban J connectivity index is 1.41. The zero-order valence-electron chi connectivity index (χ0n) is 18.0. The molecule has 7 nitrogen and oxygen atoms in total. The summed E-state index contributed by atoms with van der Waals surface area (Å²) < 4.78 is 1.84. The van der Waals surface area contributed by atoms with E-state index in [9.17, 15) is 9.59 Å². The van der Waals surface area contributed by atoms with Crippen LogP contribution >= 0.6 is 0 Å². The molecule has 31 heavy (non-hydrogen) atoms. The number of rotatable bonds is 6. The molecule has 2 N–H and O–H groups in total. The molecular formula is C24H29N5O2. The topological polar surface area (TPSA) is 88.9 Å². The SMILES string of the molecule is CC(C)NC(=O)C1CCCC(NC(=O)c2cnc3c(cnn3Cc3ccccc3)c2)C1. The molecule has 2 heterocycles. The zero-order chi connectivity index (χ0) is 21.8. The van der Waals surface area contributed by atoms with E-state index in [4.69, 9.17) is 0 Å². The van der Waals surface area contributed by atoms with Gasteiger partial charge < -0.3 is 10.6 Å². The molecule has 0 spiro atoms. The quantitative estimate of drug-likeness (QED) is 0.642. The summed E-state index contributed by atoms with van der Waals surface area (Å²) in [6.45, 7) is 4.56. The number of benzene rings is 1. The molecule has 1 fully saturated rings. The highest BCUT2D eigenvalue weighted by Crippen LogP contribution is 2.25. The molecule has 1 aliphatic carbocycles. The molecule has 1 aromatic carbocycles. The van der Waals surface area contributed by atoms with Crippen molar-refractivity contribution in [2.45, 2.75) is 58.2 Å². The highest BCUT2D eigenvalue weighted by Gasteiger charge is 2.28. The molecule has 2 aromatic heterocycles. The summed E-state index contributed by atoms with van der Waals surface area (Å²) >= 11 is 0. The van der Waals surface area contributed by atoms with Gasteiger partial charge in [0, 0.05) is 29.6 Å². The van der Waals surface area contributed by atoms with Gasteiger partial charge in [-0.1, -0.05) is 36.8 Å². The van der Waals surface area contributed by atoms with E-state index in [1.807, 2.05) is 54.9 Å². The lowest BCUT2D eigenvalue weighted by Gasteiger charge is -2.29. The fraction of sp³-hybridized carbons (Fsp3) is 0.417. The van der Waals surface area contributed by atoms with Gasteiger partial charge in [-0.2, -0.15) is 5.10 Å². The fourth-order valence-corrected chi connectivity index (χ4v) is 4.20. The number of fused-ring (bicyclic) bond motifs is 1. The molecule has 0 aliphatic heterocycles. The first-order valence-electron chi connectivity index (χ1n) is 11.0. The number of pyridine rings is 1. The summed E-state index contributed by atoms with van der Waals surface area (Å²) in [6.07, 6.45) is 6.72. The van der Waals surface area contributed by atoms with E-state index < -0.39 is 0 Å². The van der Waals surface area contributed by atoms with Crippen molar-refractivity contribution >= 4 is 22.8 Å². The molecule has 2 atom stereocenters. The van der Waals surface area contributed by atoms with E-state index in [-0.39, 0.29) is 29.8 Å². The second-order valence-electron chi connectivity index (χ2n) is 8.62. The lowest BCUT2D eigenvalue weighted by molar-refractivity contribution is -0.126. The van der Waals surface area contributed by atoms with Crippen LogP contribution in [0.4, 0.5) is 0 Å². The van der Waals surface area contributed by atoms with Gasteiger partial charge in [0.1, 0.15) is 0 Å². The first kappa shape index (κ1) is 21.0. The Hall–Kier alpha value is -3.22. The van der Waals surface area contributed by atoms with Gasteiger partial charge in [-0.05, 0) is 44.7 Å². The van der Waals surface area contributed by atoms with Crippen LogP contribution in [0.5, 0.6) is 0 Å². The average molecular weight is 420 g/mol. The van der Waals surface area contributed by atoms with Crippen LogP contribution in [0.3, 0.4) is 0 Å². The predicted octanol–water partition coefficient (Wildman–Crippen LogP) is 3.29. The minimum absolute atomic E-state index is 0.000614. The first-order valence-corrected chi connectivity index (χ1v) is 11.0. The van der Waals surface area contributed by atoms with E-state index in [1.165, 1.54) is 0 Å². The van der Waals surface area contributed by atoms with Crippen LogP contribution < -0.4 is 10.6 Å². The van der Waals surface area contributed by atoms with Crippen molar-refractivity contribution < 1.29 is 9.59 Å². The normalized spacial score (nSPS) is 18.8. The number of carbonyl (C=O) groups is 2. The van der Waals surface area contributed by atoms with Crippen LogP contribution in [0.2, 0.25) is 0 Å². The molecular weight excluding hydrogens is 390 g/mol. The van der Waals surface area contributed by atoms with Crippen LogP contribution in [0.15, 0.2) is 48.8 Å². The van der Waals surface area contributed by atoms with Gasteiger partial charge in [0.05, 0.1) is 18.3 Å². The van der Waals surface area contributed by atoms with Crippen LogP contribution in [0, 0.1) is 5.92 Å².